The Balaban J connectivity index is 0.00000144. The topological polar surface area (TPSA) is 46.3 Å². The minimum absolute atomic E-state index is 0. The van der Waals surface area contributed by atoms with E-state index in [0.717, 1.165) is 6.42 Å². The fourth-order valence-corrected chi connectivity index (χ4v) is 2.17. The number of benzene rings is 1. The summed E-state index contributed by atoms with van der Waals surface area (Å²) >= 11 is 11.8. The standard InChI is InChI=1S/C11H12Cl2N2O.ClH/c12-7-1-2-10(13)9(5-7)11(16)15-4-3-8(14)6-15;/h1-2,5,8H,3-4,6,14H2;1H. The third-order valence-corrected chi connectivity index (χ3v) is 3.24. The van der Waals surface area contributed by atoms with Crippen molar-refractivity contribution in [2.24, 2.45) is 5.73 Å². The first kappa shape index (κ1) is 14.6. The zero-order chi connectivity index (χ0) is 11.7. The lowest BCUT2D eigenvalue weighted by Gasteiger charge is -2.16. The van der Waals surface area contributed by atoms with Gasteiger partial charge >= 0.3 is 0 Å². The van der Waals surface area contributed by atoms with Crippen molar-refractivity contribution in [1.82, 2.24) is 4.90 Å². The molecule has 3 nitrogen and oxygen atoms in total. The van der Waals surface area contributed by atoms with Crippen LogP contribution in [0.2, 0.25) is 10.0 Å². The first-order chi connectivity index (χ1) is 7.58. The Labute approximate surface area is 116 Å². The van der Waals surface area contributed by atoms with Gasteiger partial charge in [-0.2, -0.15) is 0 Å². The van der Waals surface area contributed by atoms with E-state index in [-0.39, 0.29) is 24.4 Å². The number of carbonyl (C=O) groups excluding carboxylic acids is 1. The molecule has 6 heteroatoms. The Morgan fingerprint density at radius 2 is 2.12 bits per heavy atom. The Kier molecular flexibility index (Phi) is 5.07. The van der Waals surface area contributed by atoms with Gasteiger partial charge < -0.3 is 10.6 Å². The van der Waals surface area contributed by atoms with Crippen molar-refractivity contribution < 1.29 is 4.79 Å². The van der Waals surface area contributed by atoms with Gasteiger partial charge in [-0.3, -0.25) is 4.79 Å². The summed E-state index contributed by atoms with van der Waals surface area (Å²) in [5.41, 5.74) is 6.20. The summed E-state index contributed by atoms with van der Waals surface area (Å²) < 4.78 is 0. The number of halogens is 3. The lowest BCUT2D eigenvalue weighted by atomic mass is 10.2. The molecule has 1 amide bonds. The van der Waals surface area contributed by atoms with Crippen molar-refractivity contribution >= 4 is 41.5 Å². The van der Waals surface area contributed by atoms with Gasteiger partial charge in [-0.1, -0.05) is 23.2 Å². The highest BCUT2D eigenvalue weighted by Gasteiger charge is 2.25. The molecule has 0 saturated carbocycles. The number of carbonyl (C=O) groups is 1. The summed E-state index contributed by atoms with van der Waals surface area (Å²) in [6, 6.07) is 4.96. The van der Waals surface area contributed by atoms with Crippen LogP contribution >= 0.6 is 35.6 Å². The van der Waals surface area contributed by atoms with Crippen LogP contribution in [0.3, 0.4) is 0 Å². The third-order valence-electron chi connectivity index (χ3n) is 2.67. The smallest absolute Gasteiger partial charge is 0.255 e. The Hall–Kier alpha value is -0.480. The molecule has 1 heterocycles. The van der Waals surface area contributed by atoms with E-state index in [2.05, 4.69) is 0 Å². The monoisotopic (exact) mass is 294 g/mol. The number of rotatable bonds is 1. The Bertz CT molecular complexity index is 425. The molecule has 17 heavy (non-hydrogen) atoms. The Morgan fingerprint density at radius 1 is 1.41 bits per heavy atom. The molecule has 1 fully saturated rings. The summed E-state index contributed by atoms with van der Waals surface area (Å²) in [6.07, 6.45) is 0.837. The second-order valence-electron chi connectivity index (χ2n) is 3.92. The van der Waals surface area contributed by atoms with Gasteiger partial charge in [-0.25, -0.2) is 0 Å². The maximum Gasteiger partial charge on any atom is 0.255 e. The molecular weight excluding hydrogens is 282 g/mol. The molecular formula is C11H13Cl3N2O. The molecule has 1 atom stereocenters. The van der Waals surface area contributed by atoms with Crippen molar-refractivity contribution in [2.45, 2.75) is 12.5 Å². The van der Waals surface area contributed by atoms with E-state index < -0.39 is 0 Å². The molecule has 2 N–H and O–H groups in total. The van der Waals surface area contributed by atoms with Crippen LogP contribution in [-0.2, 0) is 0 Å². The second kappa shape index (κ2) is 5.91. The highest BCUT2D eigenvalue weighted by atomic mass is 35.5. The van der Waals surface area contributed by atoms with E-state index in [4.69, 9.17) is 28.9 Å². The van der Waals surface area contributed by atoms with Crippen LogP contribution in [0.4, 0.5) is 0 Å². The predicted octanol–water partition coefficient (Wildman–Crippen LogP) is 2.59. The molecule has 0 aliphatic carbocycles. The average molecular weight is 296 g/mol. The molecule has 0 bridgehead atoms. The second-order valence-corrected chi connectivity index (χ2v) is 4.77. The van der Waals surface area contributed by atoms with Gasteiger partial charge in [0.05, 0.1) is 10.6 Å². The van der Waals surface area contributed by atoms with E-state index in [9.17, 15) is 4.79 Å². The van der Waals surface area contributed by atoms with Crippen LogP contribution in [0.15, 0.2) is 18.2 Å². The number of amides is 1. The maximum absolute atomic E-state index is 12.1. The molecule has 1 saturated heterocycles. The molecule has 1 aliphatic heterocycles. The van der Waals surface area contributed by atoms with Crippen LogP contribution in [0.1, 0.15) is 16.8 Å². The Morgan fingerprint density at radius 3 is 2.71 bits per heavy atom. The van der Waals surface area contributed by atoms with Crippen molar-refractivity contribution in [3.05, 3.63) is 33.8 Å². The highest BCUT2D eigenvalue weighted by Crippen LogP contribution is 2.23. The quantitative estimate of drug-likeness (QED) is 0.865. The zero-order valence-corrected chi connectivity index (χ0v) is 11.4. The molecule has 94 valence electrons. The number of nitrogens with zero attached hydrogens (tertiary/aromatic N) is 1. The largest absolute Gasteiger partial charge is 0.337 e. The molecule has 1 aromatic rings. The minimum Gasteiger partial charge on any atom is -0.337 e. The first-order valence-corrected chi connectivity index (χ1v) is 5.83. The SMILES string of the molecule is Cl.NC1CCN(C(=O)c2cc(Cl)ccc2Cl)C1. The zero-order valence-electron chi connectivity index (χ0n) is 9.03. The third kappa shape index (κ3) is 3.26. The molecule has 0 radical (unpaired) electrons. The van der Waals surface area contributed by atoms with E-state index in [1.165, 1.54) is 0 Å². The van der Waals surface area contributed by atoms with Crippen molar-refractivity contribution in [2.75, 3.05) is 13.1 Å². The fraction of sp³-hybridized carbons (Fsp3) is 0.364. The van der Waals surface area contributed by atoms with E-state index in [0.29, 0.717) is 28.7 Å². The first-order valence-electron chi connectivity index (χ1n) is 5.08. The highest BCUT2D eigenvalue weighted by molar-refractivity contribution is 6.35. The van der Waals surface area contributed by atoms with Gasteiger partial charge in [0.1, 0.15) is 0 Å². The van der Waals surface area contributed by atoms with Gasteiger partial charge in [-0.05, 0) is 24.6 Å². The summed E-state index contributed by atoms with van der Waals surface area (Å²) in [4.78, 5) is 13.8. The maximum atomic E-state index is 12.1. The number of likely N-dealkylation sites (tertiary alicyclic amines) is 1. The fourth-order valence-electron chi connectivity index (χ4n) is 1.80. The molecule has 0 spiro atoms. The molecule has 1 unspecified atom stereocenters. The number of nitrogens with two attached hydrogens (primary N) is 1. The number of hydrogen-bond acceptors (Lipinski definition) is 2. The molecule has 0 aromatic heterocycles. The van der Waals surface area contributed by atoms with Crippen LogP contribution in [0.25, 0.3) is 0 Å². The predicted molar refractivity (Wildman–Crippen MR) is 72.2 cm³/mol. The van der Waals surface area contributed by atoms with Crippen LogP contribution in [0, 0.1) is 0 Å². The van der Waals surface area contributed by atoms with Crippen LogP contribution in [-0.4, -0.2) is 29.9 Å². The minimum atomic E-state index is -0.0968. The summed E-state index contributed by atoms with van der Waals surface area (Å²) in [5.74, 6) is -0.0968. The van der Waals surface area contributed by atoms with Crippen molar-refractivity contribution in [3.8, 4) is 0 Å². The van der Waals surface area contributed by atoms with Gasteiger partial charge in [0.15, 0.2) is 0 Å². The number of hydrogen-bond donors (Lipinski definition) is 1. The van der Waals surface area contributed by atoms with Gasteiger partial charge in [-0.15, -0.1) is 12.4 Å². The van der Waals surface area contributed by atoms with E-state index in [1.807, 2.05) is 0 Å². The lowest BCUT2D eigenvalue weighted by Crippen LogP contribution is -2.32. The molecule has 1 aliphatic rings. The van der Waals surface area contributed by atoms with E-state index in [1.54, 1.807) is 23.1 Å². The van der Waals surface area contributed by atoms with Gasteiger partial charge in [0, 0.05) is 24.2 Å². The van der Waals surface area contributed by atoms with Crippen molar-refractivity contribution in [3.63, 3.8) is 0 Å². The van der Waals surface area contributed by atoms with Gasteiger partial charge in [0.2, 0.25) is 0 Å². The van der Waals surface area contributed by atoms with Crippen molar-refractivity contribution in [1.29, 1.82) is 0 Å². The van der Waals surface area contributed by atoms with Crippen LogP contribution < -0.4 is 5.73 Å². The summed E-state index contributed by atoms with van der Waals surface area (Å²) in [7, 11) is 0. The lowest BCUT2D eigenvalue weighted by molar-refractivity contribution is 0.0791. The van der Waals surface area contributed by atoms with Gasteiger partial charge in [0.25, 0.3) is 5.91 Å². The molecule has 2 rings (SSSR count). The molecule has 1 aromatic carbocycles. The average Bonchev–Trinajstić information content (AvgIpc) is 2.67. The van der Waals surface area contributed by atoms with Crippen LogP contribution in [0.5, 0.6) is 0 Å². The normalized spacial score (nSPS) is 19.0. The van der Waals surface area contributed by atoms with E-state index >= 15 is 0 Å². The summed E-state index contributed by atoms with van der Waals surface area (Å²) in [6.45, 7) is 1.27. The summed E-state index contributed by atoms with van der Waals surface area (Å²) in [5, 5.41) is 0.936.